The molecule has 0 N–H and O–H groups in total. The molecule has 128 valence electrons. The summed E-state index contributed by atoms with van der Waals surface area (Å²) in [7, 11) is 0. The summed E-state index contributed by atoms with van der Waals surface area (Å²) in [5.41, 5.74) is 1.48. The summed E-state index contributed by atoms with van der Waals surface area (Å²) in [6, 6.07) is 8.09. The summed E-state index contributed by atoms with van der Waals surface area (Å²) in [4.78, 5) is 25.3. The molecule has 0 aliphatic carbocycles. The molecule has 1 aromatic carbocycles. The molecule has 0 aliphatic heterocycles. The predicted octanol–water partition coefficient (Wildman–Crippen LogP) is 4.64. The lowest BCUT2D eigenvalue weighted by Gasteiger charge is -2.22. The van der Waals surface area contributed by atoms with Crippen molar-refractivity contribution >= 4 is 23.0 Å². The van der Waals surface area contributed by atoms with Crippen molar-refractivity contribution in [2.75, 3.05) is 13.1 Å². The van der Waals surface area contributed by atoms with Crippen LogP contribution < -0.4 is 0 Å². The molecule has 0 fully saturated rings. The van der Waals surface area contributed by atoms with Gasteiger partial charge in [-0.15, -0.1) is 11.3 Å². The second-order valence-corrected chi connectivity index (χ2v) is 6.15. The van der Waals surface area contributed by atoms with Crippen molar-refractivity contribution in [3.8, 4) is 11.1 Å². The molecule has 24 heavy (non-hydrogen) atoms. The number of hydrogen-bond donors (Lipinski definition) is 0. The SMILES string of the molecule is CCN(CC(F)(F)F)C(=O)c1cccc(-c2ccsc2C(C)=O)c1. The summed E-state index contributed by atoms with van der Waals surface area (Å²) >= 11 is 1.29. The molecule has 2 aromatic rings. The van der Waals surface area contributed by atoms with Crippen LogP contribution in [0.2, 0.25) is 0 Å². The van der Waals surface area contributed by atoms with Crippen molar-refractivity contribution in [2.45, 2.75) is 20.0 Å². The third kappa shape index (κ3) is 4.23. The molecular weight excluding hydrogens is 339 g/mol. The van der Waals surface area contributed by atoms with Crippen LogP contribution in [-0.2, 0) is 0 Å². The zero-order valence-electron chi connectivity index (χ0n) is 13.2. The van der Waals surface area contributed by atoms with Gasteiger partial charge >= 0.3 is 6.18 Å². The van der Waals surface area contributed by atoms with Crippen LogP contribution >= 0.6 is 11.3 Å². The number of rotatable bonds is 5. The van der Waals surface area contributed by atoms with Crippen molar-refractivity contribution < 1.29 is 22.8 Å². The van der Waals surface area contributed by atoms with E-state index in [1.807, 2.05) is 0 Å². The van der Waals surface area contributed by atoms with Crippen LogP contribution in [0.4, 0.5) is 13.2 Å². The Hall–Kier alpha value is -2.15. The van der Waals surface area contributed by atoms with E-state index in [0.717, 1.165) is 4.90 Å². The molecule has 0 saturated heterocycles. The third-order valence-electron chi connectivity index (χ3n) is 3.44. The fourth-order valence-electron chi connectivity index (χ4n) is 2.36. The summed E-state index contributed by atoms with van der Waals surface area (Å²) in [6.45, 7) is 1.62. The highest BCUT2D eigenvalue weighted by atomic mass is 32.1. The Balaban J connectivity index is 2.34. The van der Waals surface area contributed by atoms with Crippen LogP contribution in [0.1, 0.15) is 33.9 Å². The quantitative estimate of drug-likeness (QED) is 0.733. The van der Waals surface area contributed by atoms with E-state index in [1.165, 1.54) is 37.3 Å². The Morgan fingerprint density at radius 3 is 2.50 bits per heavy atom. The van der Waals surface area contributed by atoms with Crippen molar-refractivity contribution in [1.82, 2.24) is 4.90 Å². The van der Waals surface area contributed by atoms with Crippen LogP contribution in [0.25, 0.3) is 11.1 Å². The van der Waals surface area contributed by atoms with Crippen LogP contribution in [0.3, 0.4) is 0 Å². The van der Waals surface area contributed by atoms with Gasteiger partial charge in [-0.1, -0.05) is 12.1 Å². The number of halogens is 3. The molecule has 1 heterocycles. The van der Waals surface area contributed by atoms with Crippen LogP contribution in [0.5, 0.6) is 0 Å². The van der Waals surface area contributed by atoms with Gasteiger partial charge in [0.1, 0.15) is 6.54 Å². The maximum atomic E-state index is 12.6. The first kappa shape index (κ1) is 18.2. The minimum absolute atomic E-state index is 0.0419. The van der Waals surface area contributed by atoms with Crippen LogP contribution in [-0.4, -0.2) is 35.9 Å². The molecule has 1 aromatic heterocycles. The zero-order chi connectivity index (χ0) is 17.9. The number of amides is 1. The van der Waals surface area contributed by atoms with Gasteiger partial charge in [-0.05, 0) is 43.0 Å². The number of carbonyl (C=O) groups excluding carboxylic acids is 2. The molecule has 0 radical (unpaired) electrons. The minimum Gasteiger partial charge on any atom is -0.330 e. The van der Waals surface area contributed by atoms with E-state index in [2.05, 4.69) is 0 Å². The minimum atomic E-state index is -4.45. The normalized spacial score (nSPS) is 11.4. The molecule has 0 atom stereocenters. The van der Waals surface area contributed by atoms with Crippen molar-refractivity contribution in [2.24, 2.45) is 0 Å². The summed E-state index contributed by atoms with van der Waals surface area (Å²) in [5, 5.41) is 1.77. The van der Waals surface area contributed by atoms with E-state index in [4.69, 9.17) is 0 Å². The van der Waals surface area contributed by atoms with Crippen LogP contribution in [0.15, 0.2) is 35.7 Å². The van der Waals surface area contributed by atoms with Gasteiger partial charge in [0.25, 0.3) is 5.91 Å². The fraction of sp³-hybridized carbons (Fsp3) is 0.294. The average Bonchev–Trinajstić information content (AvgIpc) is 3.01. The zero-order valence-corrected chi connectivity index (χ0v) is 14.0. The Morgan fingerprint density at radius 1 is 1.21 bits per heavy atom. The second-order valence-electron chi connectivity index (χ2n) is 5.23. The number of carbonyl (C=O) groups is 2. The average molecular weight is 355 g/mol. The van der Waals surface area contributed by atoms with E-state index >= 15 is 0 Å². The second kappa shape index (κ2) is 7.17. The van der Waals surface area contributed by atoms with Gasteiger partial charge in [-0.2, -0.15) is 13.2 Å². The van der Waals surface area contributed by atoms with Gasteiger partial charge in [0.2, 0.25) is 0 Å². The number of thiophene rings is 1. The number of alkyl halides is 3. The summed E-state index contributed by atoms with van der Waals surface area (Å²) in [6.07, 6.45) is -4.45. The molecule has 0 saturated carbocycles. The first-order valence-corrected chi connectivity index (χ1v) is 8.15. The van der Waals surface area contributed by atoms with Gasteiger partial charge in [-0.25, -0.2) is 0 Å². The summed E-state index contributed by atoms with van der Waals surface area (Å²) < 4.78 is 37.7. The topological polar surface area (TPSA) is 37.4 Å². The summed E-state index contributed by atoms with van der Waals surface area (Å²) in [5.74, 6) is -0.778. The molecule has 1 amide bonds. The van der Waals surface area contributed by atoms with Crippen molar-refractivity contribution in [3.63, 3.8) is 0 Å². The highest BCUT2D eigenvalue weighted by Gasteiger charge is 2.32. The molecule has 0 unspecified atom stereocenters. The van der Waals surface area contributed by atoms with E-state index in [9.17, 15) is 22.8 Å². The number of benzene rings is 1. The lowest BCUT2D eigenvalue weighted by atomic mass is 10.0. The van der Waals surface area contributed by atoms with Gasteiger partial charge < -0.3 is 4.90 Å². The monoisotopic (exact) mass is 355 g/mol. The molecule has 3 nitrogen and oxygen atoms in total. The molecule has 7 heteroatoms. The smallest absolute Gasteiger partial charge is 0.330 e. The Morgan fingerprint density at radius 2 is 1.92 bits per heavy atom. The Labute approximate surface area is 141 Å². The molecule has 0 bridgehead atoms. The third-order valence-corrected chi connectivity index (χ3v) is 4.46. The number of hydrogen-bond acceptors (Lipinski definition) is 3. The lowest BCUT2D eigenvalue weighted by molar-refractivity contribution is -0.140. The maximum Gasteiger partial charge on any atom is 0.406 e. The number of ketones is 1. The molecule has 0 aliphatic rings. The fourth-order valence-corrected chi connectivity index (χ4v) is 3.17. The number of Topliss-reactive ketones (excluding diaryl/α,β-unsaturated/α-hetero) is 1. The Bertz CT molecular complexity index is 752. The van der Waals surface area contributed by atoms with Crippen molar-refractivity contribution in [3.05, 3.63) is 46.2 Å². The highest BCUT2D eigenvalue weighted by molar-refractivity contribution is 7.12. The molecule has 2 rings (SSSR count). The first-order chi connectivity index (χ1) is 11.2. The maximum absolute atomic E-state index is 12.6. The van der Waals surface area contributed by atoms with Gasteiger partial charge in [-0.3, -0.25) is 9.59 Å². The van der Waals surface area contributed by atoms with Gasteiger partial charge in [0.05, 0.1) is 4.88 Å². The standard InChI is InChI=1S/C17H16F3NO2S/c1-3-21(10-17(18,19)20)16(23)13-6-4-5-12(9-13)14-7-8-24-15(14)11(2)22/h4-9H,3,10H2,1-2H3. The highest BCUT2D eigenvalue weighted by Crippen LogP contribution is 2.29. The van der Waals surface area contributed by atoms with Gasteiger partial charge in [0.15, 0.2) is 5.78 Å². The lowest BCUT2D eigenvalue weighted by Crippen LogP contribution is -2.38. The van der Waals surface area contributed by atoms with Crippen molar-refractivity contribution in [1.29, 1.82) is 0 Å². The van der Waals surface area contributed by atoms with E-state index in [0.29, 0.717) is 16.0 Å². The first-order valence-electron chi connectivity index (χ1n) is 7.28. The van der Waals surface area contributed by atoms with E-state index < -0.39 is 18.6 Å². The van der Waals surface area contributed by atoms with Crippen LogP contribution in [0, 0.1) is 0 Å². The van der Waals surface area contributed by atoms with Gasteiger partial charge in [0, 0.05) is 17.7 Å². The number of nitrogens with zero attached hydrogens (tertiary/aromatic N) is 1. The molecule has 0 spiro atoms. The molecular formula is C17H16F3NO2S. The van der Waals surface area contributed by atoms with E-state index in [1.54, 1.807) is 23.6 Å². The Kier molecular flexibility index (Phi) is 5.43. The van der Waals surface area contributed by atoms with E-state index in [-0.39, 0.29) is 17.9 Å². The largest absolute Gasteiger partial charge is 0.406 e. The predicted molar refractivity (Wildman–Crippen MR) is 87.4 cm³/mol.